The van der Waals surface area contributed by atoms with Gasteiger partial charge in [0.2, 0.25) is 0 Å². The largest absolute Gasteiger partial charge is 0.291 e. The van der Waals surface area contributed by atoms with Gasteiger partial charge >= 0.3 is 0 Å². The molecule has 2 atom stereocenters. The van der Waals surface area contributed by atoms with E-state index in [1.165, 1.54) is 37.8 Å². The first-order chi connectivity index (χ1) is 8.62. The third-order valence-electron chi connectivity index (χ3n) is 4.77. The number of hydrogen-bond donors (Lipinski definition) is 0. The molecule has 1 heterocycles. The molecule has 1 aromatic carbocycles. The highest BCUT2D eigenvalue weighted by molar-refractivity contribution is 5.31. The quantitative estimate of drug-likeness (QED) is 0.765. The molecule has 1 nitrogen and oxygen atoms in total. The van der Waals surface area contributed by atoms with Crippen LogP contribution in [0.3, 0.4) is 0 Å². The average molecular weight is 247 g/mol. The SMILES string of the molecule is C[C@@H]1CC[C@@H](C)N(C2(c3ccc(F)cc3)CC2)C1. The maximum Gasteiger partial charge on any atom is 0.123 e. The lowest BCUT2D eigenvalue weighted by Gasteiger charge is -2.43. The van der Waals surface area contributed by atoms with Gasteiger partial charge in [-0.2, -0.15) is 0 Å². The summed E-state index contributed by atoms with van der Waals surface area (Å²) in [5.41, 5.74) is 1.53. The molecule has 1 saturated carbocycles. The van der Waals surface area contributed by atoms with Crippen LogP contribution in [-0.4, -0.2) is 17.5 Å². The van der Waals surface area contributed by atoms with E-state index in [4.69, 9.17) is 0 Å². The number of likely N-dealkylation sites (tertiary alicyclic amines) is 1. The maximum absolute atomic E-state index is 13.1. The fourth-order valence-electron chi connectivity index (χ4n) is 3.51. The number of hydrogen-bond acceptors (Lipinski definition) is 1. The summed E-state index contributed by atoms with van der Waals surface area (Å²) in [5.74, 6) is 0.661. The molecular weight excluding hydrogens is 225 g/mol. The Labute approximate surface area is 109 Å². The van der Waals surface area contributed by atoms with Gasteiger partial charge in [0.25, 0.3) is 0 Å². The molecule has 0 spiro atoms. The first kappa shape index (κ1) is 12.2. The van der Waals surface area contributed by atoms with Crippen molar-refractivity contribution in [2.45, 2.75) is 51.1 Å². The van der Waals surface area contributed by atoms with Crippen LogP contribution < -0.4 is 0 Å². The second kappa shape index (κ2) is 4.34. The summed E-state index contributed by atoms with van der Waals surface area (Å²) >= 11 is 0. The molecule has 0 aromatic heterocycles. The number of rotatable bonds is 2. The van der Waals surface area contributed by atoms with Gasteiger partial charge in [-0.25, -0.2) is 4.39 Å². The number of halogens is 1. The van der Waals surface area contributed by atoms with E-state index >= 15 is 0 Å². The van der Waals surface area contributed by atoms with Crippen molar-refractivity contribution in [3.05, 3.63) is 35.6 Å². The fourth-order valence-corrected chi connectivity index (χ4v) is 3.51. The van der Waals surface area contributed by atoms with Crippen LogP contribution in [0.5, 0.6) is 0 Å². The molecule has 3 rings (SSSR count). The Morgan fingerprint density at radius 3 is 2.39 bits per heavy atom. The second-order valence-electron chi connectivity index (χ2n) is 6.22. The van der Waals surface area contributed by atoms with E-state index in [9.17, 15) is 4.39 Å². The van der Waals surface area contributed by atoms with E-state index in [0.29, 0.717) is 6.04 Å². The number of nitrogens with zero attached hydrogens (tertiary/aromatic N) is 1. The van der Waals surface area contributed by atoms with Crippen LogP contribution in [0.1, 0.15) is 45.1 Å². The van der Waals surface area contributed by atoms with Crippen LogP contribution in [0, 0.1) is 11.7 Å². The molecule has 0 radical (unpaired) electrons. The Morgan fingerprint density at radius 2 is 1.78 bits per heavy atom. The van der Waals surface area contributed by atoms with Gasteiger partial charge < -0.3 is 0 Å². The minimum atomic E-state index is -0.130. The Balaban J connectivity index is 1.87. The van der Waals surface area contributed by atoms with Gasteiger partial charge in [-0.05, 0) is 56.2 Å². The first-order valence-corrected chi connectivity index (χ1v) is 7.14. The Morgan fingerprint density at radius 1 is 1.11 bits per heavy atom. The third kappa shape index (κ3) is 1.97. The predicted molar refractivity (Wildman–Crippen MR) is 71.9 cm³/mol. The van der Waals surface area contributed by atoms with Crippen LogP contribution in [0.15, 0.2) is 24.3 Å². The van der Waals surface area contributed by atoms with E-state index in [0.717, 1.165) is 5.92 Å². The third-order valence-corrected chi connectivity index (χ3v) is 4.77. The molecule has 2 fully saturated rings. The van der Waals surface area contributed by atoms with E-state index in [1.54, 1.807) is 12.1 Å². The average Bonchev–Trinajstić information content (AvgIpc) is 3.14. The van der Waals surface area contributed by atoms with E-state index in [-0.39, 0.29) is 11.4 Å². The molecule has 98 valence electrons. The van der Waals surface area contributed by atoms with Gasteiger partial charge in [0.05, 0.1) is 0 Å². The van der Waals surface area contributed by atoms with Crippen LogP contribution in [0.25, 0.3) is 0 Å². The zero-order valence-electron chi connectivity index (χ0n) is 11.3. The molecular formula is C16H22FN. The number of piperidine rings is 1. The lowest BCUT2D eigenvalue weighted by Crippen LogP contribution is -2.47. The molecule has 0 unspecified atom stereocenters. The lowest BCUT2D eigenvalue weighted by atomic mass is 9.90. The zero-order chi connectivity index (χ0) is 12.8. The monoisotopic (exact) mass is 247 g/mol. The highest BCUT2D eigenvalue weighted by Gasteiger charge is 2.51. The van der Waals surface area contributed by atoms with Crippen molar-refractivity contribution >= 4 is 0 Å². The molecule has 2 heteroatoms. The molecule has 1 aliphatic heterocycles. The van der Waals surface area contributed by atoms with Crippen LogP contribution in [0.4, 0.5) is 4.39 Å². The summed E-state index contributed by atoms with van der Waals surface area (Å²) in [6.07, 6.45) is 5.10. The van der Waals surface area contributed by atoms with E-state index in [1.807, 2.05) is 12.1 Å². The first-order valence-electron chi connectivity index (χ1n) is 7.14. The molecule has 0 bridgehead atoms. The van der Waals surface area contributed by atoms with Crippen molar-refractivity contribution in [2.24, 2.45) is 5.92 Å². The minimum absolute atomic E-state index is 0.130. The fraction of sp³-hybridized carbons (Fsp3) is 0.625. The lowest BCUT2D eigenvalue weighted by molar-refractivity contribution is 0.0615. The highest BCUT2D eigenvalue weighted by atomic mass is 19.1. The minimum Gasteiger partial charge on any atom is -0.291 e. The topological polar surface area (TPSA) is 3.24 Å². The summed E-state index contributed by atoms with van der Waals surface area (Å²) in [7, 11) is 0. The van der Waals surface area contributed by atoms with Crippen molar-refractivity contribution in [1.29, 1.82) is 0 Å². The molecule has 0 N–H and O–H groups in total. The summed E-state index contributed by atoms with van der Waals surface area (Å²) in [4.78, 5) is 2.68. The van der Waals surface area contributed by atoms with E-state index < -0.39 is 0 Å². The predicted octanol–water partition coefficient (Wildman–Crippen LogP) is 3.94. The van der Waals surface area contributed by atoms with Crippen LogP contribution in [0.2, 0.25) is 0 Å². The Bertz CT molecular complexity index is 421. The highest BCUT2D eigenvalue weighted by Crippen LogP contribution is 2.53. The molecule has 1 aliphatic carbocycles. The molecule has 0 amide bonds. The summed E-state index contributed by atoms with van der Waals surface area (Å²) in [6, 6.07) is 7.83. The molecule has 2 aliphatic rings. The van der Waals surface area contributed by atoms with Gasteiger partial charge in [-0.15, -0.1) is 0 Å². The summed E-state index contributed by atoms with van der Waals surface area (Å²) in [6.45, 7) is 5.88. The van der Waals surface area contributed by atoms with Gasteiger partial charge in [0.15, 0.2) is 0 Å². The van der Waals surface area contributed by atoms with Gasteiger partial charge in [0, 0.05) is 18.1 Å². The maximum atomic E-state index is 13.1. The van der Waals surface area contributed by atoms with Crippen molar-refractivity contribution in [3.63, 3.8) is 0 Å². The zero-order valence-corrected chi connectivity index (χ0v) is 11.3. The van der Waals surface area contributed by atoms with Crippen molar-refractivity contribution in [1.82, 2.24) is 4.90 Å². The smallest absolute Gasteiger partial charge is 0.123 e. The molecule has 18 heavy (non-hydrogen) atoms. The van der Waals surface area contributed by atoms with Gasteiger partial charge in [-0.1, -0.05) is 19.1 Å². The van der Waals surface area contributed by atoms with Gasteiger partial charge in [-0.3, -0.25) is 4.90 Å². The van der Waals surface area contributed by atoms with Crippen LogP contribution in [-0.2, 0) is 5.54 Å². The standard InChI is InChI=1S/C16H22FN/c1-12-3-4-13(2)18(11-12)16(9-10-16)14-5-7-15(17)8-6-14/h5-8,12-13H,3-4,9-11H2,1-2H3/t12-,13-/m1/s1. The normalized spacial score (nSPS) is 31.3. The summed E-state index contributed by atoms with van der Waals surface area (Å²) in [5, 5.41) is 0. The van der Waals surface area contributed by atoms with E-state index in [2.05, 4.69) is 18.7 Å². The number of benzene rings is 1. The van der Waals surface area contributed by atoms with Crippen LogP contribution >= 0.6 is 0 Å². The molecule has 1 saturated heterocycles. The summed E-state index contributed by atoms with van der Waals surface area (Å²) < 4.78 is 13.1. The second-order valence-corrected chi connectivity index (χ2v) is 6.22. The van der Waals surface area contributed by atoms with Crippen molar-refractivity contribution < 1.29 is 4.39 Å². The van der Waals surface area contributed by atoms with Crippen molar-refractivity contribution in [2.75, 3.05) is 6.54 Å². The Hall–Kier alpha value is -0.890. The molecule has 1 aromatic rings. The van der Waals surface area contributed by atoms with Crippen molar-refractivity contribution in [3.8, 4) is 0 Å². The van der Waals surface area contributed by atoms with Gasteiger partial charge in [0.1, 0.15) is 5.82 Å². The Kier molecular flexibility index (Phi) is 2.93.